The van der Waals surface area contributed by atoms with Crippen LogP contribution in [0.4, 0.5) is 0 Å². The molecule has 1 fully saturated rings. The van der Waals surface area contributed by atoms with Gasteiger partial charge in [0.2, 0.25) is 0 Å². The van der Waals surface area contributed by atoms with Crippen LogP contribution in [0.25, 0.3) is 0 Å². The van der Waals surface area contributed by atoms with Crippen molar-refractivity contribution >= 4 is 15.9 Å². The van der Waals surface area contributed by atoms with Gasteiger partial charge in [0.25, 0.3) is 0 Å². The quantitative estimate of drug-likeness (QED) is 0.680. The minimum atomic E-state index is 0.854. The molecule has 94 valence electrons. The number of benzene rings is 1. The molecule has 0 heterocycles. The molecule has 1 aromatic carbocycles. The lowest BCUT2D eigenvalue weighted by Gasteiger charge is -2.21. The minimum absolute atomic E-state index is 0.854. The molecule has 0 amide bonds. The first-order chi connectivity index (χ1) is 8.34. The van der Waals surface area contributed by atoms with Gasteiger partial charge in [0.1, 0.15) is 5.75 Å². The Morgan fingerprint density at radius 2 is 2.00 bits per heavy atom. The summed E-state index contributed by atoms with van der Waals surface area (Å²) in [4.78, 5) is 0. The van der Waals surface area contributed by atoms with Crippen molar-refractivity contribution in [3.63, 3.8) is 0 Å². The summed E-state index contributed by atoms with van der Waals surface area (Å²) >= 11 is 3.45. The van der Waals surface area contributed by atoms with Gasteiger partial charge >= 0.3 is 0 Å². The van der Waals surface area contributed by atoms with E-state index in [1.165, 1.54) is 44.9 Å². The largest absolute Gasteiger partial charge is 0.494 e. The van der Waals surface area contributed by atoms with Gasteiger partial charge in [-0.15, -0.1) is 0 Å². The number of ether oxygens (including phenoxy) is 1. The highest BCUT2D eigenvalue weighted by atomic mass is 79.9. The summed E-state index contributed by atoms with van der Waals surface area (Å²) in [5.74, 6) is 1.94. The third kappa shape index (κ3) is 4.71. The van der Waals surface area contributed by atoms with E-state index in [4.69, 9.17) is 4.74 Å². The van der Waals surface area contributed by atoms with Crippen LogP contribution in [0, 0.1) is 5.92 Å². The molecule has 0 aromatic heterocycles. The lowest BCUT2D eigenvalue weighted by molar-refractivity contribution is 0.269. The highest BCUT2D eigenvalue weighted by Crippen LogP contribution is 2.27. The maximum absolute atomic E-state index is 5.75. The molecule has 0 atom stereocenters. The average Bonchev–Trinajstić information content (AvgIpc) is 2.36. The number of halogens is 1. The van der Waals surface area contributed by atoms with E-state index in [1.807, 2.05) is 24.3 Å². The van der Waals surface area contributed by atoms with Crippen LogP contribution < -0.4 is 4.74 Å². The molecule has 0 radical (unpaired) electrons. The summed E-state index contributed by atoms with van der Waals surface area (Å²) in [6.07, 6.45) is 9.75. The fourth-order valence-electron chi connectivity index (χ4n) is 2.59. The lowest BCUT2D eigenvalue weighted by atomic mass is 9.86. The molecule has 0 saturated heterocycles. The van der Waals surface area contributed by atoms with E-state index in [0.29, 0.717) is 0 Å². The van der Waals surface area contributed by atoms with Crippen LogP contribution in [-0.4, -0.2) is 6.61 Å². The number of hydrogen-bond donors (Lipinski definition) is 0. The Labute approximate surface area is 113 Å². The van der Waals surface area contributed by atoms with E-state index in [-0.39, 0.29) is 0 Å². The van der Waals surface area contributed by atoms with Crippen LogP contribution in [0.1, 0.15) is 44.9 Å². The summed E-state index contributed by atoms with van der Waals surface area (Å²) in [5, 5.41) is 0. The Bertz CT molecular complexity index is 331. The Kier molecular flexibility index (Phi) is 5.37. The van der Waals surface area contributed by atoms with Crippen LogP contribution in [0.2, 0.25) is 0 Å². The monoisotopic (exact) mass is 296 g/mol. The van der Waals surface area contributed by atoms with E-state index in [2.05, 4.69) is 15.9 Å². The molecule has 17 heavy (non-hydrogen) atoms. The molecule has 0 spiro atoms. The second-order valence-electron chi connectivity index (χ2n) is 4.95. The molecular weight excluding hydrogens is 276 g/mol. The first-order valence-electron chi connectivity index (χ1n) is 6.73. The van der Waals surface area contributed by atoms with Gasteiger partial charge in [-0.25, -0.2) is 0 Å². The standard InChI is InChI=1S/C15H21BrO/c16-14-9-4-10-15(12-14)17-11-5-8-13-6-2-1-3-7-13/h4,9-10,12-13H,1-3,5-8,11H2. The predicted molar refractivity (Wildman–Crippen MR) is 75.4 cm³/mol. The predicted octanol–water partition coefficient (Wildman–Crippen LogP) is 5.19. The van der Waals surface area contributed by atoms with Crippen LogP contribution in [0.15, 0.2) is 28.7 Å². The topological polar surface area (TPSA) is 9.23 Å². The molecule has 1 aliphatic rings. The van der Waals surface area contributed by atoms with Crippen molar-refractivity contribution in [1.82, 2.24) is 0 Å². The number of rotatable bonds is 5. The Morgan fingerprint density at radius 1 is 1.18 bits per heavy atom. The second-order valence-corrected chi connectivity index (χ2v) is 5.87. The first kappa shape index (κ1) is 12.9. The normalized spacial score (nSPS) is 17.0. The molecule has 1 aromatic rings. The molecule has 0 aliphatic heterocycles. The van der Waals surface area contributed by atoms with Gasteiger partial charge in [0, 0.05) is 4.47 Å². The van der Waals surface area contributed by atoms with Crippen molar-refractivity contribution in [2.45, 2.75) is 44.9 Å². The molecule has 2 heteroatoms. The second kappa shape index (κ2) is 7.05. The third-order valence-corrected chi connectivity index (χ3v) is 4.04. The SMILES string of the molecule is Brc1cccc(OCCCC2CCCCC2)c1. The summed E-state index contributed by atoms with van der Waals surface area (Å²) in [6, 6.07) is 8.08. The van der Waals surface area contributed by atoms with Gasteiger partial charge < -0.3 is 4.74 Å². The smallest absolute Gasteiger partial charge is 0.120 e. The van der Waals surface area contributed by atoms with Gasteiger partial charge in [0.05, 0.1) is 6.61 Å². The zero-order valence-corrected chi connectivity index (χ0v) is 11.9. The highest BCUT2D eigenvalue weighted by molar-refractivity contribution is 9.10. The fraction of sp³-hybridized carbons (Fsp3) is 0.600. The van der Waals surface area contributed by atoms with E-state index in [9.17, 15) is 0 Å². The van der Waals surface area contributed by atoms with Crippen LogP contribution in [0.5, 0.6) is 5.75 Å². The molecular formula is C15H21BrO. The molecule has 0 unspecified atom stereocenters. The Morgan fingerprint density at radius 3 is 2.76 bits per heavy atom. The molecule has 1 aliphatic carbocycles. The van der Waals surface area contributed by atoms with Crippen molar-refractivity contribution < 1.29 is 4.74 Å². The van der Waals surface area contributed by atoms with Gasteiger partial charge in [-0.1, -0.05) is 54.1 Å². The summed E-state index contributed by atoms with van der Waals surface area (Å²) in [7, 11) is 0. The summed E-state index contributed by atoms with van der Waals surface area (Å²) < 4.78 is 6.83. The maximum atomic E-state index is 5.75. The van der Waals surface area contributed by atoms with Gasteiger partial charge in [0.15, 0.2) is 0 Å². The molecule has 0 N–H and O–H groups in total. The fourth-order valence-corrected chi connectivity index (χ4v) is 2.97. The Hall–Kier alpha value is -0.500. The van der Waals surface area contributed by atoms with E-state index >= 15 is 0 Å². The van der Waals surface area contributed by atoms with Crippen molar-refractivity contribution in [3.8, 4) is 5.75 Å². The molecule has 1 nitrogen and oxygen atoms in total. The van der Waals surface area contributed by atoms with Crippen LogP contribution in [0.3, 0.4) is 0 Å². The van der Waals surface area contributed by atoms with Crippen molar-refractivity contribution in [3.05, 3.63) is 28.7 Å². The van der Waals surface area contributed by atoms with Gasteiger partial charge in [-0.05, 0) is 37.0 Å². The van der Waals surface area contributed by atoms with E-state index < -0.39 is 0 Å². The highest BCUT2D eigenvalue weighted by Gasteiger charge is 2.12. The van der Waals surface area contributed by atoms with Crippen LogP contribution >= 0.6 is 15.9 Å². The average molecular weight is 297 g/mol. The van der Waals surface area contributed by atoms with E-state index in [0.717, 1.165) is 22.7 Å². The zero-order chi connectivity index (χ0) is 11.9. The van der Waals surface area contributed by atoms with Crippen molar-refractivity contribution in [2.24, 2.45) is 5.92 Å². The molecule has 0 bridgehead atoms. The van der Waals surface area contributed by atoms with E-state index in [1.54, 1.807) is 0 Å². The lowest BCUT2D eigenvalue weighted by Crippen LogP contribution is -2.08. The molecule has 1 saturated carbocycles. The van der Waals surface area contributed by atoms with Gasteiger partial charge in [-0.2, -0.15) is 0 Å². The Balaban J connectivity index is 1.62. The minimum Gasteiger partial charge on any atom is -0.494 e. The first-order valence-corrected chi connectivity index (χ1v) is 7.52. The number of hydrogen-bond acceptors (Lipinski definition) is 1. The van der Waals surface area contributed by atoms with Crippen LogP contribution in [-0.2, 0) is 0 Å². The van der Waals surface area contributed by atoms with Crippen molar-refractivity contribution in [2.75, 3.05) is 6.61 Å². The summed E-state index contributed by atoms with van der Waals surface area (Å²) in [6.45, 7) is 0.854. The third-order valence-electron chi connectivity index (χ3n) is 3.55. The summed E-state index contributed by atoms with van der Waals surface area (Å²) in [5.41, 5.74) is 0. The van der Waals surface area contributed by atoms with Gasteiger partial charge in [-0.3, -0.25) is 0 Å². The maximum Gasteiger partial charge on any atom is 0.120 e. The zero-order valence-electron chi connectivity index (χ0n) is 10.3. The molecule has 2 rings (SSSR count). The van der Waals surface area contributed by atoms with Crippen molar-refractivity contribution in [1.29, 1.82) is 0 Å².